The molecule has 0 radical (unpaired) electrons. The molecule has 1 aromatic heterocycles. The van der Waals surface area contributed by atoms with Crippen molar-refractivity contribution < 1.29 is 13.2 Å². The van der Waals surface area contributed by atoms with Gasteiger partial charge in [-0.2, -0.15) is 0 Å². The maximum absolute atomic E-state index is 10.9. The number of pyridine rings is 1. The molecular formula is C10H16N2O3S. The minimum absolute atomic E-state index is 0.117. The molecule has 0 unspecified atom stereocenters. The summed E-state index contributed by atoms with van der Waals surface area (Å²) in [6.07, 6.45) is 1.65. The summed E-state index contributed by atoms with van der Waals surface area (Å²) in [5, 5.41) is 0. The Bertz CT molecular complexity index is 457. The van der Waals surface area contributed by atoms with Crippen LogP contribution in [0.15, 0.2) is 12.1 Å². The molecule has 0 aliphatic carbocycles. The van der Waals surface area contributed by atoms with Gasteiger partial charge in [0.2, 0.25) is 0 Å². The smallest absolute Gasteiger partial charge is 0.166 e. The van der Waals surface area contributed by atoms with Crippen LogP contribution < -0.4 is 10.5 Å². The van der Waals surface area contributed by atoms with E-state index in [-0.39, 0.29) is 5.75 Å². The van der Waals surface area contributed by atoms with Crippen LogP contribution in [0.4, 0.5) is 5.82 Å². The summed E-state index contributed by atoms with van der Waals surface area (Å²) >= 11 is 0. The number of hydrogen-bond acceptors (Lipinski definition) is 5. The predicted octanol–water partition coefficient (Wildman–Crippen LogP) is 0.786. The van der Waals surface area contributed by atoms with Crippen LogP contribution in [-0.4, -0.2) is 32.0 Å². The molecule has 0 saturated heterocycles. The molecule has 1 aromatic rings. The first-order valence-electron chi connectivity index (χ1n) is 4.92. The Hall–Kier alpha value is -1.30. The van der Waals surface area contributed by atoms with Crippen molar-refractivity contribution in [2.75, 3.05) is 24.3 Å². The summed E-state index contributed by atoms with van der Waals surface area (Å²) in [5.41, 5.74) is 6.46. The second kappa shape index (κ2) is 5.16. The number of nitrogens with zero attached hydrogens (tertiary/aromatic N) is 1. The average molecular weight is 244 g/mol. The SMILES string of the molecule is Cc1ccc(OCCCS(C)(=O)=O)c(N)n1. The molecule has 90 valence electrons. The monoisotopic (exact) mass is 244 g/mol. The van der Waals surface area contributed by atoms with Gasteiger partial charge in [0.15, 0.2) is 11.6 Å². The van der Waals surface area contributed by atoms with E-state index in [1.54, 1.807) is 12.1 Å². The van der Waals surface area contributed by atoms with Gasteiger partial charge in [-0.3, -0.25) is 0 Å². The van der Waals surface area contributed by atoms with E-state index in [1.807, 2.05) is 6.92 Å². The molecule has 0 fully saturated rings. The first-order valence-corrected chi connectivity index (χ1v) is 6.98. The van der Waals surface area contributed by atoms with E-state index >= 15 is 0 Å². The minimum Gasteiger partial charge on any atom is -0.490 e. The van der Waals surface area contributed by atoms with Crippen molar-refractivity contribution in [2.24, 2.45) is 0 Å². The number of nitrogen functional groups attached to an aromatic ring is 1. The molecule has 0 atom stereocenters. The highest BCUT2D eigenvalue weighted by atomic mass is 32.2. The van der Waals surface area contributed by atoms with Crippen LogP contribution >= 0.6 is 0 Å². The number of rotatable bonds is 5. The molecule has 0 aliphatic rings. The van der Waals surface area contributed by atoms with Crippen LogP contribution in [0.3, 0.4) is 0 Å². The number of aromatic nitrogens is 1. The van der Waals surface area contributed by atoms with E-state index in [4.69, 9.17) is 10.5 Å². The molecule has 1 rings (SSSR count). The summed E-state index contributed by atoms with van der Waals surface area (Å²) in [4.78, 5) is 4.04. The van der Waals surface area contributed by atoms with Crippen LogP contribution in [0.25, 0.3) is 0 Å². The van der Waals surface area contributed by atoms with Gasteiger partial charge in [-0.15, -0.1) is 0 Å². The van der Waals surface area contributed by atoms with E-state index in [2.05, 4.69) is 4.98 Å². The van der Waals surface area contributed by atoms with Gasteiger partial charge in [0.1, 0.15) is 9.84 Å². The average Bonchev–Trinajstić information content (AvgIpc) is 2.13. The zero-order valence-corrected chi connectivity index (χ0v) is 10.3. The number of nitrogens with two attached hydrogens (primary N) is 1. The summed E-state index contributed by atoms with van der Waals surface area (Å²) in [6.45, 7) is 2.16. The Labute approximate surface area is 95.6 Å². The van der Waals surface area contributed by atoms with Gasteiger partial charge < -0.3 is 10.5 Å². The van der Waals surface area contributed by atoms with Crippen LogP contribution in [0.5, 0.6) is 5.75 Å². The first kappa shape index (κ1) is 12.8. The summed E-state index contributed by atoms with van der Waals surface area (Å²) in [6, 6.07) is 3.53. The van der Waals surface area contributed by atoms with Gasteiger partial charge in [0.05, 0.1) is 12.4 Å². The standard InChI is InChI=1S/C10H16N2O3S/c1-8-4-5-9(10(11)12-8)15-6-3-7-16(2,13)14/h4-5H,3,6-7H2,1-2H3,(H2,11,12). The van der Waals surface area contributed by atoms with Crippen molar-refractivity contribution in [3.63, 3.8) is 0 Å². The lowest BCUT2D eigenvalue weighted by Gasteiger charge is -2.07. The number of anilines is 1. The second-order valence-electron chi connectivity index (χ2n) is 3.67. The molecule has 5 nitrogen and oxygen atoms in total. The Balaban J connectivity index is 2.43. The van der Waals surface area contributed by atoms with Gasteiger partial charge in [0, 0.05) is 11.9 Å². The quantitative estimate of drug-likeness (QED) is 0.774. The zero-order chi connectivity index (χ0) is 12.2. The lowest BCUT2D eigenvalue weighted by molar-refractivity contribution is 0.318. The van der Waals surface area contributed by atoms with E-state index in [1.165, 1.54) is 6.26 Å². The number of hydrogen-bond donors (Lipinski definition) is 1. The lowest BCUT2D eigenvalue weighted by Crippen LogP contribution is -2.09. The Morgan fingerprint density at radius 1 is 1.44 bits per heavy atom. The van der Waals surface area contributed by atoms with Crippen molar-refractivity contribution in [1.82, 2.24) is 4.98 Å². The third-order valence-corrected chi connectivity index (χ3v) is 2.97. The molecule has 2 N–H and O–H groups in total. The number of sulfone groups is 1. The first-order chi connectivity index (χ1) is 7.38. The summed E-state index contributed by atoms with van der Waals surface area (Å²) < 4.78 is 27.1. The Kier molecular flexibility index (Phi) is 4.12. The van der Waals surface area contributed by atoms with Crippen molar-refractivity contribution in [2.45, 2.75) is 13.3 Å². The third kappa shape index (κ3) is 4.48. The molecule has 6 heteroatoms. The van der Waals surface area contributed by atoms with Gasteiger partial charge in [-0.25, -0.2) is 13.4 Å². The molecule has 1 heterocycles. The van der Waals surface area contributed by atoms with Crippen LogP contribution in [0.2, 0.25) is 0 Å². The molecule has 0 aliphatic heterocycles. The highest BCUT2D eigenvalue weighted by Gasteiger charge is 2.04. The largest absolute Gasteiger partial charge is 0.490 e. The highest BCUT2D eigenvalue weighted by Crippen LogP contribution is 2.18. The zero-order valence-electron chi connectivity index (χ0n) is 9.43. The van der Waals surface area contributed by atoms with E-state index in [9.17, 15) is 8.42 Å². The maximum Gasteiger partial charge on any atom is 0.166 e. The third-order valence-electron chi connectivity index (χ3n) is 1.94. The summed E-state index contributed by atoms with van der Waals surface area (Å²) in [7, 11) is -2.92. The maximum atomic E-state index is 10.9. The van der Waals surface area contributed by atoms with Gasteiger partial charge >= 0.3 is 0 Å². The molecule has 0 saturated carbocycles. The Morgan fingerprint density at radius 2 is 2.12 bits per heavy atom. The molecule has 16 heavy (non-hydrogen) atoms. The van der Waals surface area contributed by atoms with Crippen LogP contribution in [0.1, 0.15) is 12.1 Å². The molecule has 0 aromatic carbocycles. The van der Waals surface area contributed by atoms with Gasteiger partial charge in [0.25, 0.3) is 0 Å². The van der Waals surface area contributed by atoms with Crippen LogP contribution in [-0.2, 0) is 9.84 Å². The van der Waals surface area contributed by atoms with E-state index in [0.29, 0.717) is 24.6 Å². The Morgan fingerprint density at radius 3 is 2.69 bits per heavy atom. The fourth-order valence-corrected chi connectivity index (χ4v) is 1.83. The highest BCUT2D eigenvalue weighted by molar-refractivity contribution is 7.90. The van der Waals surface area contributed by atoms with Crippen molar-refractivity contribution in [1.29, 1.82) is 0 Å². The predicted molar refractivity (Wildman–Crippen MR) is 63.2 cm³/mol. The van der Waals surface area contributed by atoms with E-state index < -0.39 is 9.84 Å². The van der Waals surface area contributed by atoms with Crippen molar-refractivity contribution in [3.8, 4) is 5.75 Å². The fourth-order valence-electron chi connectivity index (χ4n) is 1.19. The number of aryl methyl sites for hydroxylation is 1. The van der Waals surface area contributed by atoms with Crippen molar-refractivity contribution in [3.05, 3.63) is 17.8 Å². The molecular weight excluding hydrogens is 228 g/mol. The lowest BCUT2D eigenvalue weighted by atomic mass is 10.3. The second-order valence-corrected chi connectivity index (χ2v) is 5.93. The van der Waals surface area contributed by atoms with Crippen molar-refractivity contribution >= 4 is 15.7 Å². The minimum atomic E-state index is -2.92. The van der Waals surface area contributed by atoms with Gasteiger partial charge in [-0.1, -0.05) is 0 Å². The van der Waals surface area contributed by atoms with Gasteiger partial charge in [-0.05, 0) is 25.5 Å². The van der Waals surface area contributed by atoms with E-state index in [0.717, 1.165) is 5.69 Å². The topological polar surface area (TPSA) is 82.3 Å². The van der Waals surface area contributed by atoms with Crippen LogP contribution in [0, 0.1) is 6.92 Å². The normalized spacial score (nSPS) is 11.4. The number of ether oxygens (including phenoxy) is 1. The fraction of sp³-hybridized carbons (Fsp3) is 0.500. The molecule has 0 spiro atoms. The molecule has 0 bridgehead atoms. The molecule has 0 amide bonds. The summed E-state index contributed by atoms with van der Waals surface area (Å²) in [5.74, 6) is 0.949.